The first kappa shape index (κ1) is 17.2. The Hall–Kier alpha value is -3.87. The summed E-state index contributed by atoms with van der Waals surface area (Å²) in [6, 6.07) is 15.2. The molecule has 29 heavy (non-hydrogen) atoms. The first-order valence-corrected chi connectivity index (χ1v) is 9.47. The molecule has 0 aliphatic carbocycles. The van der Waals surface area contributed by atoms with Crippen molar-refractivity contribution in [2.45, 2.75) is 6.42 Å². The van der Waals surface area contributed by atoms with Gasteiger partial charge >= 0.3 is 6.03 Å². The topological polar surface area (TPSA) is 87.0 Å². The lowest BCUT2D eigenvalue weighted by Gasteiger charge is -2.26. The van der Waals surface area contributed by atoms with Crippen LogP contribution in [0.1, 0.15) is 12.0 Å². The molecule has 0 radical (unpaired) electrons. The van der Waals surface area contributed by atoms with Gasteiger partial charge < -0.3 is 14.4 Å². The summed E-state index contributed by atoms with van der Waals surface area (Å²) in [7, 11) is 0. The van der Waals surface area contributed by atoms with Crippen LogP contribution in [0.25, 0.3) is 27.9 Å². The summed E-state index contributed by atoms with van der Waals surface area (Å²) in [5, 5.41) is 7.88. The molecule has 7 heteroatoms. The molecule has 1 aromatic carbocycles. The van der Waals surface area contributed by atoms with Crippen molar-refractivity contribution in [1.82, 2.24) is 20.0 Å². The third kappa shape index (κ3) is 3.38. The highest BCUT2D eigenvalue weighted by atomic mass is 16.5. The Balaban J connectivity index is 1.26. The molecule has 3 aromatic heterocycles. The lowest BCUT2D eigenvalue weighted by atomic mass is 10.00. The summed E-state index contributed by atoms with van der Waals surface area (Å²) in [5.41, 5.74) is 4.17. The smallest absolute Gasteiger partial charge is 0.323 e. The number of hydrogen-bond donors (Lipinski definition) is 2. The maximum atomic E-state index is 12.6. The maximum absolute atomic E-state index is 12.6. The van der Waals surface area contributed by atoms with Crippen molar-refractivity contribution in [3.05, 3.63) is 72.6 Å². The first-order valence-electron chi connectivity index (χ1n) is 9.47. The predicted octanol–water partition coefficient (Wildman–Crippen LogP) is 4.54. The van der Waals surface area contributed by atoms with E-state index >= 15 is 0 Å². The van der Waals surface area contributed by atoms with Crippen molar-refractivity contribution in [2.75, 3.05) is 18.4 Å². The second-order valence-electron chi connectivity index (χ2n) is 6.90. The van der Waals surface area contributed by atoms with E-state index in [2.05, 4.69) is 32.6 Å². The highest BCUT2D eigenvalue weighted by Crippen LogP contribution is 2.28. The molecule has 0 spiro atoms. The highest BCUT2D eigenvalue weighted by Gasteiger charge is 2.20. The Morgan fingerprint density at radius 3 is 2.90 bits per heavy atom. The molecule has 2 amide bonds. The van der Waals surface area contributed by atoms with Crippen LogP contribution in [0.5, 0.6) is 0 Å². The van der Waals surface area contributed by atoms with Crippen LogP contribution in [0.3, 0.4) is 0 Å². The number of fused-ring (bicyclic) bond motifs is 1. The first-order chi connectivity index (χ1) is 14.3. The number of nitrogens with zero attached hydrogens (tertiary/aromatic N) is 3. The minimum absolute atomic E-state index is 0.186. The number of amides is 2. The number of nitrogens with one attached hydrogen (secondary N) is 2. The van der Waals surface area contributed by atoms with E-state index < -0.39 is 0 Å². The molecule has 4 heterocycles. The van der Waals surface area contributed by atoms with Crippen LogP contribution in [0.2, 0.25) is 0 Å². The maximum Gasteiger partial charge on any atom is 0.323 e. The van der Waals surface area contributed by atoms with E-state index in [0.717, 1.165) is 28.6 Å². The third-order valence-corrected chi connectivity index (χ3v) is 5.10. The zero-order chi connectivity index (χ0) is 19.6. The van der Waals surface area contributed by atoms with E-state index in [1.165, 1.54) is 5.57 Å². The molecule has 5 rings (SSSR count). The fraction of sp³-hybridized carbons (Fsp3) is 0.136. The van der Waals surface area contributed by atoms with E-state index in [4.69, 9.17) is 4.52 Å². The molecule has 0 bridgehead atoms. The van der Waals surface area contributed by atoms with Crippen LogP contribution >= 0.6 is 0 Å². The SMILES string of the molecule is O=C(Nc1cc(-c2ccccc2)on1)N1CC=C(c2c[nH]c3ncccc23)CC1. The molecule has 0 fully saturated rings. The Bertz CT molecular complexity index is 1190. The molecular weight excluding hydrogens is 366 g/mol. The van der Waals surface area contributed by atoms with Crippen molar-refractivity contribution in [3.8, 4) is 11.3 Å². The zero-order valence-corrected chi connectivity index (χ0v) is 15.6. The van der Waals surface area contributed by atoms with Gasteiger partial charge in [-0.1, -0.05) is 41.6 Å². The van der Waals surface area contributed by atoms with Crippen molar-refractivity contribution in [1.29, 1.82) is 0 Å². The molecular formula is C22H19N5O2. The number of carbonyl (C=O) groups excluding carboxylic acids is 1. The minimum atomic E-state index is -0.186. The normalized spacial score (nSPS) is 14.1. The van der Waals surface area contributed by atoms with Crippen LogP contribution in [0, 0.1) is 0 Å². The molecule has 0 saturated carbocycles. The van der Waals surface area contributed by atoms with Crippen molar-refractivity contribution in [3.63, 3.8) is 0 Å². The van der Waals surface area contributed by atoms with Crippen molar-refractivity contribution < 1.29 is 9.32 Å². The Labute approximate surface area is 167 Å². The monoisotopic (exact) mass is 385 g/mol. The van der Waals surface area contributed by atoms with Gasteiger partial charge in [-0.15, -0.1) is 0 Å². The Morgan fingerprint density at radius 2 is 2.07 bits per heavy atom. The van der Waals surface area contributed by atoms with Crippen LogP contribution in [-0.2, 0) is 0 Å². The standard InChI is InChI=1S/C22H19N5O2/c28-22(25-20-13-19(29-26-20)16-5-2-1-3-6-16)27-11-8-15(9-12-27)18-14-24-21-17(18)7-4-10-23-21/h1-8,10,13-14H,9,11-12H2,(H,23,24)(H,25,26,28). The number of anilines is 1. The van der Waals surface area contributed by atoms with E-state index in [0.29, 0.717) is 24.7 Å². The number of carbonyl (C=O) groups is 1. The van der Waals surface area contributed by atoms with E-state index in [-0.39, 0.29) is 6.03 Å². The van der Waals surface area contributed by atoms with Gasteiger partial charge in [-0.05, 0) is 24.1 Å². The lowest BCUT2D eigenvalue weighted by molar-refractivity contribution is 0.216. The second kappa shape index (κ2) is 7.27. The predicted molar refractivity (Wildman–Crippen MR) is 111 cm³/mol. The van der Waals surface area contributed by atoms with Gasteiger partial charge in [0, 0.05) is 48.1 Å². The van der Waals surface area contributed by atoms with Gasteiger partial charge in [0.15, 0.2) is 11.6 Å². The van der Waals surface area contributed by atoms with Crippen LogP contribution in [-0.4, -0.2) is 39.1 Å². The number of pyridine rings is 1. The minimum Gasteiger partial charge on any atom is -0.354 e. The molecule has 0 unspecified atom stereocenters. The Morgan fingerprint density at radius 1 is 1.17 bits per heavy atom. The summed E-state index contributed by atoms with van der Waals surface area (Å²) in [5.74, 6) is 1.03. The largest absolute Gasteiger partial charge is 0.354 e. The van der Waals surface area contributed by atoms with Crippen LogP contribution < -0.4 is 5.32 Å². The third-order valence-electron chi connectivity index (χ3n) is 5.10. The molecule has 1 aliphatic rings. The lowest BCUT2D eigenvalue weighted by Crippen LogP contribution is -2.37. The number of hydrogen-bond acceptors (Lipinski definition) is 4. The summed E-state index contributed by atoms with van der Waals surface area (Å²) >= 11 is 0. The molecule has 1 aliphatic heterocycles. The number of urea groups is 1. The fourth-order valence-electron chi connectivity index (χ4n) is 3.58. The Kier molecular flexibility index (Phi) is 4.32. The molecule has 144 valence electrons. The molecule has 0 saturated heterocycles. The van der Waals surface area contributed by atoms with E-state index in [1.807, 2.05) is 42.6 Å². The fourth-order valence-corrected chi connectivity index (χ4v) is 3.58. The molecule has 4 aromatic rings. The number of rotatable bonds is 3. The van der Waals surface area contributed by atoms with E-state index in [1.54, 1.807) is 17.2 Å². The summed E-state index contributed by atoms with van der Waals surface area (Å²) in [6.07, 6.45) is 6.64. The van der Waals surface area contributed by atoms with Gasteiger partial charge in [0.25, 0.3) is 0 Å². The van der Waals surface area contributed by atoms with Crippen molar-refractivity contribution >= 4 is 28.5 Å². The van der Waals surface area contributed by atoms with Gasteiger partial charge in [-0.2, -0.15) is 0 Å². The molecule has 7 nitrogen and oxygen atoms in total. The number of aromatic amines is 1. The second-order valence-corrected chi connectivity index (χ2v) is 6.90. The van der Waals surface area contributed by atoms with Gasteiger partial charge in [0.2, 0.25) is 0 Å². The average Bonchev–Trinajstić information content (AvgIpc) is 3.42. The van der Waals surface area contributed by atoms with Gasteiger partial charge in [0.1, 0.15) is 5.65 Å². The summed E-state index contributed by atoms with van der Waals surface area (Å²) < 4.78 is 5.34. The summed E-state index contributed by atoms with van der Waals surface area (Å²) in [6.45, 7) is 1.17. The zero-order valence-electron chi connectivity index (χ0n) is 15.6. The molecule has 2 N–H and O–H groups in total. The molecule has 0 atom stereocenters. The highest BCUT2D eigenvalue weighted by molar-refractivity contribution is 5.92. The van der Waals surface area contributed by atoms with Gasteiger partial charge in [-0.3, -0.25) is 5.32 Å². The number of benzene rings is 1. The van der Waals surface area contributed by atoms with Crippen LogP contribution in [0.15, 0.2) is 71.5 Å². The number of H-pyrrole nitrogens is 1. The number of aromatic nitrogens is 3. The van der Waals surface area contributed by atoms with Crippen molar-refractivity contribution in [2.24, 2.45) is 0 Å². The van der Waals surface area contributed by atoms with Gasteiger partial charge in [0.05, 0.1) is 0 Å². The quantitative estimate of drug-likeness (QED) is 0.542. The summed E-state index contributed by atoms with van der Waals surface area (Å²) in [4.78, 5) is 21.9. The van der Waals surface area contributed by atoms with Gasteiger partial charge in [-0.25, -0.2) is 9.78 Å². The van der Waals surface area contributed by atoms with Crippen LogP contribution in [0.4, 0.5) is 10.6 Å². The van der Waals surface area contributed by atoms with E-state index in [9.17, 15) is 4.79 Å². The average molecular weight is 385 g/mol.